The van der Waals surface area contributed by atoms with Crippen LogP contribution in [0.4, 0.5) is 0 Å². The molecule has 45 heavy (non-hydrogen) atoms. The monoisotopic (exact) mass is 594 g/mol. The maximum Gasteiger partial charge on any atom is 0.160 e. The van der Waals surface area contributed by atoms with E-state index in [4.69, 9.17) is 9.97 Å². The van der Waals surface area contributed by atoms with E-state index in [0.29, 0.717) is 0 Å². The molecule has 0 bridgehead atoms. The first-order valence-electron chi connectivity index (χ1n) is 15.5. The van der Waals surface area contributed by atoms with Crippen molar-refractivity contribution >= 4 is 22.7 Å². The Labute approximate surface area is 267 Å². The van der Waals surface area contributed by atoms with E-state index in [9.17, 15) is 0 Å². The van der Waals surface area contributed by atoms with Crippen LogP contribution in [0, 0.1) is 0 Å². The largest absolute Gasteiger partial charge is 0.228 e. The quantitative estimate of drug-likeness (QED) is 0.199. The van der Waals surface area contributed by atoms with Gasteiger partial charge in [-0.05, 0) is 51.6 Å². The summed E-state index contributed by atoms with van der Waals surface area (Å²) in [5.41, 5.74) is 11.7. The normalized spacial score (nSPS) is 15.2. The highest BCUT2D eigenvalue weighted by Crippen LogP contribution is 2.61. The predicted molar refractivity (Wildman–Crippen MR) is 185 cm³/mol. The Kier molecular flexibility index (Phi) is 5.73. The number of benzene rings is 6. The third-order valence-electron chi connectivity index (χ3n) is 9.81. The van der Waals surface area contributed by atoms with Crippen LogP contribution in [0.3, 0.4) is 0 Å². The van der Waals surface area contributed by atoms with Gasteiger partial charge in [0.15, 0.2) is 5.82 Å². The lowest BCUT2D eigenvalue weighted by Crippen LogP contribution is -2.43. The van der Waals surface area contributed by atoms with Crippen molar-refractivity contribution in [2.45, 2.75) is 34.5 Å². The van der Waals surface area contributed by atoms with Gasteiger partial charge >= 0.3 is 0 Å². The molecule has 7 aromatic rings. The van der Waals surface area contributed by atoms with Gasteiger partial charge in [0.05, 0.1) is 16.6 Å². The Bertz CT molecular complexity index is 2240. The van der Waals surface area contributed by atoms with Crippen molar-refractivity contribution in [2.75, 3.05) is 0 Å². The summed E-state index contributed by atoms with van der Waals surface area (Å²) in [5, 5.41) is 1.06. The predicted octanol–water partition coefficient (Wildman–Crippen LogP) is 10.5. The molecule has 1 aliphatic heterocycles. The minimum Gasteiger partial charge on any atom is -0.228 e. The van der Waals surface area contributed by atoms with Crippen LogP contribution in [-0.4, -0.2) is 9.97 Å². The van der Waals surface area contributed by atoms with Gasteiger partial charge in [0.1, 0.15) is 0 Å². The van der Waals surface area contributed by atoms with Crippen LogP contribution in [0.2, 0.25) is 0 Å². The lowest BCUT2D eigenvalue weighted by Gasteiger charge is -2.50. The van der Waals surface area contributed by atoms with Gasteiger partial charge in [0.25, 0.3) is 0 Å². The molecule has 0 unspecified atom stereocenters. The minimum atomic E-state index is -0.429. The summed E-state index contributed by atoms with van der Waals surface area (Å²) in [6.45, 7) is 4.74. The van der Waals surface area contributed by atoms with Gasteiger partial charge in [-0.1, -0.05) is 153 Å². The molecule has 1 aliphatic carbocycles. The molecule has 0 saturated carbocycles. The van der Waals surface area contributed by atoms with Gasteiger partial charge in [0.2, 0.25) is 0 Å². The number of rotatable bonds is 2. The fourth-order valence-corrected chi connectivity index (χ4v) is 9.02. The second-order valence-corrected chi connectivity index (χ2v) is 13.6. The van der Waals surface area contributed by atoms with Crippen molar-refractivity contribution in [1.82, 2.24) is 9.97 Å². The highest BCUT2D eigenvalue weighted by atomic mass is 32.2. The Morgan fingerprint density at radius 2 is 1.04 bits per heavy atom. The molecule has 1 spiro atoms. The maximum atomic E-state index is 5.21. The summed E-state index contributed by atoms with van der Waals surface area (Å²) in [5.74, 6) is 0.744. The van der Waals surface area contributed by atoms with E-state index in [0.717, 1.165) is 33.5 Å². The maximum absolute atomic E-state index is 5.21. The molecule has 2 aliphatic rings. The zero-order chi connectivity index (χ0) is 30.2. The first kappa shape index (κ1) is 26.4. The van der Waals surface area contributed by atoms with Crippen molar-refractivity contribution in [3.8, 4) is 22.6 Å². The average molecular weight is 595 g/mol. The smallest absolute Gasteiger partial charge is 0.160 e. The molecule has 6 aromatic carbocycles. The molecule has 0 radical (unpaired) electrons. The fourth-order valence-electron chi connectivity index (χ4n) is 7.79. The van der Waals surface area contributed by atoms with Crippen LogP contribution < -0.4 is 0 Å². The Morgan fingerprint density at radius 3 is 1.78 bits per heavy atom. The van der Waals surface area contributed by atoms with E-state index in [1.165, 1.54) is 43.2 Å². The number of hydrogen-bond donors (Lipinski definition) is 0. The van der Waals surface area contributed by atoms with Crippen molar-refractivity contribution in [3.05, 3.63) is 179 Å². The molecule has 3 heteroatoms. The summed E-state index contributed by atoms with van der Waals surface area (Å²) in [4.78, 5) is 12.7. The SMILES string of the molecule is CC1(C)c2ccccc2C2(c3ccccc3Sc3cc(-c4nc(-c5ccccc5)nc5ccccc45)ccc32)c2ccccc21. The summed E-state index contributed by atoms with van der Waals surface area (Å²) in [6.07, 6.45) is 0. The summed E-state index contributed by atoms with van der Waals surface area (Å²) < 4.78 is 0. The van der Waals surface area contributed by atoms with Gasteiger partial charge in [-0.15, -0.1) is 0 Å². The number of hydrogen-bond acceptors (Lipinski definition) is 3. The van der Waals surface area contributed by atoms with Crippen LogP contribution in [-0.2, 0) is 10.8 Å². The fraction of sp³-hybridized carbons (Fsp3) is 0.0952. The zero-order valence-electron chi connectivity index (χ0n) is 25.2. The molecular weight excluding hydrogens is 565 g/mol. The Balaban J connectivity index is 1.35. The molecule has 0 amide bonds. The highest BCUT2D eigenvalue weighted by Gasteiger charge is 2.51. The Morgan fingerprint density at radius 1 is 0.467 bits per heavy atom. The van der Waals surface area contributed by atoms with Crippen LogP contribution in [0.1, 0.15) is 47.2 Å². The van der Waals surface area contributed by atoms with Gasteiger partial charge < -0.3 is 0 Å². The first-order chi connectivity index (χ1) is 22.1. The highest BCUT2D eigenvalue weighted by molar-refractivity contribution is 7.99. The lowest BCUT2D eigenvalue weighted by atomic mass is 9.54. The van der Waals surface area contributed by atoms with Gasteiger partial charge in [-0.3, -0.25) is 0 Å². The summed E-state index contributed by atoms with van der Waals surface area (Å²) in [7, 11) is 0. The number of nitrogens with zero attached hydrogens (tertiary/aromatic N) is 2. The van der Waals surface area contributed by atoms with Crippen LogP contribution in [0.15, 0.2) is 155 Å². The van der Waals surface area contributed by atoms with E-state index in [-0.39, 0.29) is 5.41 Å². The van der Waals surface area contributed by atoms with E-state index in [1.54, 1.807) is 0 Å². The number of aromatic nitrogens is 2. The van der Waals surface area contributed by atoms with Crippen LogP contribution >= 0.6 is 11.8 Å². The molecule has 1 aromatic heterocycles. The average Bonchev–Trinajstić information content (AvgIpc) is 3.10. The molecule has 2 heterocycles. The standard InChI is InChI=1S/C42H30N2S/c1-41(2)30-17-7-9-19-32(30)42(33-20-10-8-18-31(33)41)34-21-11-13-23-37(34)45-38-26-28(24-25-35(38)42)39-29-16-6-12-22-36(29)43-40(44-39)27-14-4-3-5-15-27/h3-26H,1-2H3. The Hall–Kier alpha value is -4.99. The molecular formula is C42H30N2S. The lowest BCUT2D eigenvalue weighted by molar-refractivity contribution is 0.549. The molecule has 0 fully saturated rings. The second-order valence-electron chi connectivity index (χ2n) is 12.6. The van der Waals surface area contributed by atoms with Crippen molar-refractivity contribution < 1.29 is 0 Å². The van der Waals surface area contributed by atoms with E-state index < -0.39 is 5.41 Å². The van der Waals surface area contributed by atoms with Crippen LogP contribution in [0.25, 0.3) is 33.5 Å². The topological polar surface area (TPSA) is 25.8 Å². The molecule has 0 saturated heterocycles. The third-order valence-corrected chi connectivity index (χ3v) is 10.9. The molecule has 214 valence electrons. The van der Waals surface area contributed by atoms with Gasteiger partial charge in [-0.25, -0.2) is 9.97 Å². The first-order valence-corrected chi connectivity index (χ1v) is 16.3. The van der Waals surface area contributed by atoms with Gasteiger partial charge in [-0.2, -0.15) is 0 Å². The van der Waals surface area contributed by atoms with E-state index in [1.807, 2.05) is 30.0 Å². The second kappa shape index (κ2) is 9.76. The summed E-state index contributed by atoms with van der Waals surface area (Å²) >= 11 is 1.87. The van der Waals surface area contributed by atoms with Crippen molar-refractivity contribution in [2.24, 2.45) is 0 Å². The van der Waals surface area contributed by atoms with E-state index >= 15 is 0 Å². The van der Waals surface area contributed by atoms with Crippen LogP contribution in [0.5, 0.6) is 0 Å². The number of fused-ring (bicyclic) bond motifs is 9. The molecule has 2 nitrogen and oxygen atoms in total. The van der Waals surface area contributed by atoms with E-state index in [2.05, 4.69) is 141 Å². The molecule has 9 rings (SSSR count). The van der Waals surface area contributed by atoms with Crippen molar-refractivity contribution in [3.63, 3.8) is 0 Å². The molecule has 0 N–H and O–H groups in total. The molecule has 0 atom stereocenters. The summed E-state index contributed by atoms with van der Waals surface area (Å²) in [6, 6.07) is 52.9. The third kappa shape index (κ3) is 3.71. The van der Waals surface area contributed by atoms with Gasteiger partial charge in [0, 0.05) is 31.7 Å². The zero-order valence-corrected chi connectivity index (χ0v) is 26.0. The van der Waals surface area contributed by atoms with Crippen molar-refractivity contribution in [1.29, 1.82) is 0 Å². The minimum absolute atomic E-state index is 0.119. The number of para-hydroxylation sites is 1.